The zero-order chi connectivity index (χ0) is 20.3. The topological polar surface area (TPSA) is 67.4 Å². The first-order valence-corrected chi connectivity index (χ1v) is 9.67. The van der Waals surface area contributed by atoms with Gasteiger partial charge in [-0.2, -0.15) is 0 Å². The summed E-state index contributed by atoms with van der Waals surface area (Å²) in [6.07, 6.45) is 0. The summed E-state index contributed by atoms with van der Waals surface area (Å²) in [4.78, 5) is 24.8. The van der Waals surface area contributed by atoms with Gasteiger partial charge in [0.1, 0.15) is 5.75 Å². The molecule has 3 aromatic carbocycles. The van der Waals surface area contributed by atoms with Gasteiger partial charge in [0, 0.05) is 27.7 Å². The number of carbonyl (C=O) groups excluding carboxylic acids is 2. The molecule has 0 aliphatic rings. The fraction of sp³-hybridized carbons (Fsp3) is 0.182. The summed E-state index contributed by atoms with van der Waals surface area (Å²) < 4.78 is 6.30. The first-order valence-electron chi connectivity index (χ1n) is 8.88. The summed E-state index contributed by atoms with van der Waals surface area (Å²) >= 11 is 3.52. The third-order valence-corrected chi connectivity index (χ3v) is 5.05. The van der Waals surface area contributed by atoms with Crippen LogP contribution in [0.1, 0.15) is 24.2 Å². The zero-order valence-corrected chi connectivity index (χ0v) is 17.5. The van der Waals surface area contributed by atoms with E-state index in [1.54, 1.807) is 24.3 Å². The number of nitrogens with one attached hydrogen (secondary N) is 2. The van der Waals surface area contributed by atoms with Crippen LogP contribution in [0.3, 0.4) is 0 Å². The Morgan fingerprint density at radius 3 is 2.39 bits per heavy atom. The van der Waals surface area contributed by atoms with Gasteiger partial charge >= 0.3 is 0 Å². The van der Waals surface area contributed by atoms with Crippen LogP contribution in [0.2, 0.25) is 0 Å². The average molecular weight is 441 g/mol. The van der Waals surface area contributed by atoms with E-state index in [2.05, 4.69) is 26.6 Å². The molecule has 2 amide bonds. The van der Waals surface area contributed by atoms with Crippen molar-refractivity contribution in [3.05, 3.63) is 64.6 Å². The first-order chi connectivity index (χ1) is 13.4. The molecule has 0 spiro atoms. The fourth-order valence-corrected chi connectivity index (χ4v) is 3.32. The lowest BCUT2D eigenvalue weighted by Gasteiger charge is -2.14. The molecule has 0 radical (unpaired) electrons. The Morgan fingerprint density at radius 1 is 0.964 bits per heavy atom. The van der Waals surface area contributed by atoms with Crippen LogP contribution >= 0.6 is 15.9 Å². The van der Waals surface area contributed by atoms with Crippen molar-refractivity contribution in [1.29, 1.82) is 0 Å². The van der Waals surface area contributed by atoms with Crippen molar-refractivity contribution < 1.29 is 14.3 Å². The summed E-state index contributed by atoms with van der Waals surface area (Å²) in [6.45, 7) is 3.64. The van der Waals surface area contributed by atoms with E-state index < -0.39 is 0 Å². The number of benzene rings is 3. The Bertz CT molecular complexity index is 1050. The van der Waals surface area contributed by atoms with Crippen molar-refractivity contribution in [2.24, 2.45) is 5.92 Å². The maximum atomic E-state index is 12.9. The largest absolute Gasteiger partial charge is 0.494 e. The lowest BCUT2D eigenvalue weighted by Crippen LogP contribution is -2.18. The van der Waals surface area contributed by atoms with Crippen molar-refractivity contribution in [2.75, 3.05) is 17.7 Å². The number of methoxy groups -OCH3 is 1. The van der Waals surface area contributed by atoms with E-state index in [0.717, 1.165) is 15.2 Å². The molecule has 0 saturated carbocycles. The van der Waals surface area contributed by atoms with Gasteiger partial charge in [-0.15, -0.1) is 0 Å². The van der Waals surface area contributed by atoms with E-state index in [9.17, 15) is 9.59 Å². The third-order valence-electron chi connectivity index (χ3n) is 4.36. The lowest BCUT2D eigenvalue weighted by atomic mass is 10.0. The van der Waals surface area contributed by atoms with Crippen molar-refractivity contribution in [1.82, 2.24) is 0 Å². The zero-order valence-electron chi connectivity index (χ0n) is 15.9. The smallest absolute Gasteiger partial charge is 0.256 e. The van der Waals surface area contributed by atoms with Gasteiger partial charge in [-0.25, -0.2) is 0 Å². The molecule has 144 valence electrons. The van der Waals surface area contributed by atoms with Crippen LogP contribution in [0.4, 0.5) is 11.4 Å². The molecule has 0 aromatic heterocycles. The Morgan fingerprint density at radius 2 is 1.68 bits per heavy atom. The quantitative estimate of drug-likeness (QED) is 0.553. The highest BCUT2D eigenvalue weighted by Crippen LogP contribution is 2.30. The molecule has 0 aliphatic carbocycles. The maximum absolute atomic E-state index is 12.9. The van der Waals surface area contributed by atoms with E-state index in [0.29, 0.717) is 22.7 Å². The molecule has 2 N–H and O–H groups in total. The number of halogens is 1. The van der Waals surface area contributed by atoms with Gasteiger partial charge in [0.15, 0.2) is 0 Å². The molecule has 28 heavy (non-hydrogen) atoms. The van der Waals surface area contributed by atoms with Crippen molar-refractivity contribution in [2.45, 2.75) is 13.8 Å². The predicted molar refractivity (Wildman–Crippen MR) is 116 cm³/mol. The predicted octanol–water partition coefficient (Wildman–Crippen LogP) is 5.46. The summed E-state index contributed by atoms with van der Waals surface area (Å²) in [5, 5.41) is 7.56. The molecule has 0 aliphatic heterocycles. The summed E-state index contributed by atoms with van der Waals surface area (Å²) in [7, 11) is 1.52. The molecule has 0 heterocycles. The van der Waals surface area contributed by atoms with Crippen molar-refractivity contribution in [3.63, 3.8) is 0 Å². The van der Waals surface area contributed by atoms with Gasteiger partial charge in [-0.3, -0.25) is 9.59 Å². The van der Waals surface area contributed by atoms with Crippen LogP contribution in [-0.2, 0) is 4.79 Å². The van der Waals surface area contributed by atoms with Gasteiger partial charge in [0.2, 0.25) is 5.91 Å². The van der Waals surface area contributed by atoms with Crippen LogP contribution in [-0.4, -0.2) is 18.9 Å². The van der Waals surface area contributed by atoms with E-state index in [1.165, 1.54) is 7.11 Å². The van der Waals surface area contributed by atoms with Gasteiger partial charge in [0.25, 0.3) is 5.91 Å². The Hall–Kier alpha value is -2.86. The van der Waals surface area contributed by atoms with Crippen LogP contribution in [0.5, 0.6) is 5.75 Å². The molecule has 0 bridgehead atoms. The SMILES string of the molecule is COc1cc(NC(=O)c2cccc3c(Br)cccc23)ccc1NC(=O)C(C)C. The number of amides is 2. The number of hydrogen-bond donors (Lipinski definition) is 2. The molecule has 3 rings (SSSR count). The van der Waals surface area contributed by atoms with Crippen molar-refractivity contribution in [3.8, 4) is 5.75 Å². The lowest BCUT2D eigenvalue weighted by molar-refractivity contribution is -0.118. The maximum Gasteiger partial charge on any atom is 0.256 e. The highest BCUT2D eigenvalue weighted by molar-refractivity contribution is 9.10. The number of rotatable bonds is 5. The third kappa shape index (κ3) is 4.17. The Labute approximate surface area is 172 Å². The molecule has 5 nitrogen and oxygen atoms in total. The number of fused-ring (bicyclic) bond motifs is 1. The highest BCUT2D eigenvalue weighted by atomic mass is 79.9. The number of carbonyl (C=O) groups is 2. The second-order valence-corrected chi connectivity index (χ2v) is 7.51. The first kappa shape index (κ1) is 19.9. The molecule has 0 fully saturated rings. The molecule has 0 unspecified atom stereocenters. The van der Waals surface area contributed by atoms with E-state index >= 15 is 0 Å². The molecule has 0 saturated heterocycles. The minimum absolute atomic E-state index is 0.101. The van der Waals surface area contributed by atoms with E-state index in [-0.39, 0.29) is 17.7 Å². The minimum atomic E-state index is -0.218. The summed E-state index contributed by atoms with van der Waals surface area (Å²) in [5.74, 6) is 0.0170. The Balaban J connectivity index is 1.87. The summed E-state index contributed by atoms with van der Waals surface area (Å²) in [5.41, 5.74) is 1.72. The number of ether oxygens (including phenoxy) is 1. The van der Waals surface area contributed by atoms with Crippen LogP contribution < -0.4 is 15.4 Å². The average Bonchev–Trinajstić information content (AvgIpc) is 2.68. The Kier molecular flexibility index (Phi) is 5.99. The van der Waals surface area contributed by atoms with Crippen LogP contribution in [0, 0.1) is 5.92 Å². The molecule has 0 atom stereocenters. The fourth-order valence-electron chi connectivity index (χ4n) is 2.82. The van der Waals surface area contributed by atoms with Crippen LogP contribution in [0.25, 0.3) is 10.8 Å². The van der Waals surface area contributed by atoms with Gasteiger partial charge in [-0.1, -0.05) is 54.0 Å². The van der Waals surface area contributed by atoms with Gasteiger partial charge < -0.3 is 15.4 Å². The highest BCUT2D eigenvalue weighted by Gasteiger charge is 2.14. The summed E-state index contributed by atoms with van der Waals surface area (Å²) in [6, 6.07) is 16.5. The normalized spacial score (nSPS) is 10.8. The number of hydrogen-bond acceptors (Lipinski definition) is 3. The molecular weight excluding hydrogens is 420 g/mol. The minimum Gasteiger partial charge on any atom is -0.494 e. The van der Waals surface area contributed by atoms with Crippen molar-refractivity contribution >= 4 is 49.9 Å². The molecule has 3 aromatic rings. The van der Waals surface area contributed by atoms with Gasteiger partial charge in [0.05, 0.1) is 12.8 Å². The molecule has 6 heteroatoms. The second kappa shape index (κ2) is 8.44. The number of anilines is 2. The van der Waals surface area contributed by atoms with Gasteiger partial charge in [-0.05, 0) is 35.0 Å². The second-order valence-electron chi connectivity index (χ2n) is 6.65. The standard InChI is InChI=1S/C22H21BrN2O3/c1-13(2)21(26)25-19-11-10-14(12-20(19)28-3)24-22(27)17-8-4-7-16-15(17)6-5-9-18(16)23/h4-13H,1-3H3,(H,24,27)(H,25,26). The van der Waals surface area contributed by atoms with E-state index in [1.807, 2.05) is 44.2 Å². The van der Waals surface area contributed by atoms with Crippen LogP contribution in [0.15, 0.2) is 59.1 Å². The van der Waals surface area contributed by atoms with E-state index in [4.69, 9.17) is 4.74 Å². The monoisotopic (exact) mass is 440 g/mol. The molecular formula is C22H21BrN2O3.